The number of aliphatic hydroxyl groups is 6. The predicted molar refractivity (Wildman–Crippen MR) is 73.1 cm³/mol. The molecule has 0 aromatic carbocycles. The molecule has 0 radical (unpaired) electrons. The zero-order valence-electron chi connectivity index (χ0n) is 12.2. The molecule has 0 spiro atoms. The van der Waals surface area contributed by atoms with Crippen molar-refractivity contribution in [3.05, 3.63) is 12.7 Å². The maximum Gasteiger partial charge on any atom is 0.220 e. The van der Waals surface area contributed by atoms with Gasteiger partial charge in [0.1, 0.15) is 6.10 Å². The molecule has 128 valence electrons. The first-order valence-electron chi connectivity index (χ1n) is 6.79. The van der Waals surface area contributed by atoms with Crippen molar-refractivity contribution in [1.29, 1.82) is 0 Å². The average Bonchev–Trinajstić information content (AvgIpc) is 2.42. The maximum absolute atomic E-state index is 11.2. The second-order valence-corrected chi connectivity index (χ2v) is 5.37. The Hall–Kier alpha value is -1.07. The zero-order valence-corrected chi connectivity index (χ0v) is 12.2. The molecule has 6 atom stereocenters. The van der Waals surface area contributed by atoms with E-state index in [4.69, 9.17) is 4.74 Å². The van der Waals surface area contributed by atoms with Gasteiger partial charge >= 0.3 is 0 Å². The number of ether oxygens (including phenoxy) is 1. The topological polar surface area (TPSA) is 160 Å². The van der Waals surface area contributed by atoms with Crippen LogP contribution in [0.25, 0.3) is 0 Å². The largest absolute Gasteiger partial charge is 0.396 e. The van der Waals surface area contributed by atoms with Crippen LogP contribution in [0.15, 0.2) is 12.7 Å². The first kappa shape index (κ1) is 19.0. The van der Waals surface area contributed by atoms with Crippen molar-refractivity contribution in [3.8, 4) is 0 Å². The summed E-state index contributed by atoms with van der Waals surface area (Å²) in [5.74, 6) is -3.90. The average molecular weight is 321 g/mol. The van der Waals surface area contributed by atoms with E-state index in [9.17, 15) is 35.4 Å². The summed E-state index contributed by atoms with van der Waals surface area (Å²) in [5, 5.41) is 60.3. The molecule has 9 heteroatoms. The van der Waals surface area contributed by atoms with Gasteiger partial charge in [0, 0.05) is 19.3 Å². The molecule has 1 amide bonds. The molecule has 22 heavy (non-hydrogen) atoms. The summed E-state index contributed by atoms with van der Waals surface area (Å²) in [7, 11) is 0. The molecule has 9 nitrogen and oxygen atoms in total. The van der Waals surface area contributed by atoms with Crippen LogP contribution >= 0.6 is 0 Å². The van der Waals surface area contributed by atoms with Crippen LogP contribution in [0.4, 0.5) is 0 Å². The van der Waals surface area contributed by atoms with Gasteiger partial charge in [-0.1, -0.05) is 6.08 Å². The van der Waals surface area contributed by atoms with Gasteiger partial charge in [0.05, 0.1) is 24.9 Å². The monoisotopic (exact) mass is 321 g/mol. The molecule has 1 fully saturated rings. The van der Waals surface area contributed by atoms with Gasteiger partial charge in [-0.3, -0.25) is 4.79 Å². The number of hydrogen-bond donors (Lipinski definition) is 7. The molecule has 7 N–H and O–H groups in total. The SMILES string of the molecule is C=CC(CO)C(O)C1OC(O)(C(O)O)CC(O)C1NC(C)=O. The fourth-order valence-electron chi connectivity index (χ4n) is 2.43. The van der Waals surface area contributed by atoms with E-state index in [-0.39, 0.29) is 0 Å². The minimum Gasteiger partial charge on any atom is -0.396 e. The maximum atomic E-state index is 11.2. The minimum absolute atomic E-state index is 0.493. The van der Waals surface area contributed by atoms with E-state index in [1.807, 2.05) is 0 Å². The van der Waals surface area contributed by atoms with Gasteiger partial charge in [0.2, 0.25) is 18.0 Å². The van der Waals surface area contributed by atoms with Crippen molar-refractivity contribution in [3.63, 3.8) is 0 Å². The molecular weight excluding hydrogens is 298 g/mol. The van der Waals surface area contributed by atoms with Gasteiger partial charge in [0.25, 0.3) is 0 Å². The molecule has 1 aliphatic rings. The van der Waals surface area contributed by atoms with Crippen LogP contribution in [-0.2, 0) is 9.53 Å². The smallest absolute Gasteiger partial charge is 0.220 e. The van der Waals surface area contributed by atoms with E-state index in [0.29, 0.717) is 0 Å². The molecule has 0 aliphatic carbocycles. The van der Waals surface area contributed by atoms with Crippen LogP contribution in [0.2, 0.25) is 0 Å². The number of carbonyl (C=O) groups is 1. The summed E-state index contributed by atoms with van der Waals surface area (Å²) in [6.07, 6.45) is -5.93. The lowest BCUT2D eigenvalue weighted by atomic mass is 9.86. The van der Waals surface area contributed by atoms with E-state index in [1.54, 1.807) is 0 Å². The van der Waals surface area contributed by atoms with Crippen LogP contribution in [0.3, 0.4) is 0 Å². The van der Waals surface area contributed by atoms with E-state index < -0.39 is 61.3 Å². The van der Waals surface area contributed by atoms with E-state index in [2.05, 4.69) is 11.9 Å². The van der Waals surface area contributed by atoms with Crippen LogP contribution in [0, 0.1) is 5.92 Å². The van der Waals surface area contributed by atoms with E-state index in [1.165, 1.54) is 13.0 Å². The van der Waals surface area contributed by atoms with Crippen LogP contribution in [0.1, 0.15) is 13.3 Å². The van der Waals surface area contributed by atoms with Crippen molar-refractivity contribution in [2.75, 3.05) is 6.61 Å². The fourth-order valence-corrected chi connectivity index (χ4v) is 2.43. The lowest BCUT2D eigenvalue weighted by Gasteiger charge is -2.47. The van der Waals surface area contributed by atoms with Crippen LogP contribution < -0.4 is 5.32 Å². The third kappa shape index (κ3) is 4.02. The highest BCUT2D eigenvalue weighted by Crippen LogP contribution is 2.32. The lowest BCUT2D eigenvalue weighted by Crippen LogP contribution is -2.67. The summed E-state index contributed by atoms with van der Waals surface area (Å²) in [4.78, 5) is 11.2. The van der Waals surface area contributed by atoms with Gasteiger partial charge < -0.3 is 40.7 Å². The molecule has 0 bridgehead atoms. The number of rotatable bonds is 6. The Kier molecular flexibility index (Phi) is 6.44. The highest BCUT2D eigenvalue weighted by Gasteiger charge is 2.52. The normalized spacial score (nSPS) is 35.0. The van der Waals surface area contributed by atoms with Gasteiger partial charge in [-0.15, -0.1) is 6.58 Å². The van der Waals surface area contributed by atoms with E-state index in [0.717, 1.165) is 0 Å². The minimum atomic E-state index is -2.51. The lowest BCUT2D eigenvalue weighted by molar-refractivity contribution is -0.365. The first-order chi connectivity index (χ1) is 10.2. The molecule has 6 unspecified atom stereocenters. The predicted octanol–water partition coefficient (Wildman–Crippen LogP) is -3.20. The standard InChI is InChI=1S/C13H23NO8/c1-3-7(5-15)10(18)11-9(14-6(2)16)8(17)4-13(21,22-11)12(19)20/h3,7-12,15,17-21H,1,4-5H2,2H3,(H,14,16). The molecule has 1 saturated heterocycles. The highest BCUT2D eigenvalue weighted by atomic mass is 16.7. The van der Waals surface area contributed by atoms with Crippen LogP contribution in [-0.4, -0.2) is 79.6 Å². The molecule has 1 heterocycles. The van der Waals surface area contributed by atoms with Crippen molar-refractivity contribution in [1.82, 2.24) is 5.32 Å². The molecule has 1 rings (SSSR count). The molecule has 0 aromatic heterocycles. The Balaban J connectivity index is 3.10. The summed E-state index contributed by atoms with van der Waals surface area (Å²) in [6.45, 7) is 4.13. The molecular formula is C13H23NO8. The van der Waals surface area contributed by atoms with Crippen molar-refractivity contribution >= 4 is 5.91 Å². The number of nitrogens with one attached hydrogen (secondary N) is 1. The van der Waals surface area contributed by atoms with Crippen molar-refractivity contribution < 1.29 is 40.2 Å². The van der Waals surface area contributed by atoms with Gasteiger partial charge in [-0.05, 0) is 0 Å². The number of aliphatic hydroxyl groups excluding tert-OH is 4. The Bertz CT molecular complexity index is 404. The molecule has 0 saturated carbocycles. The summed E-state index contributed by atoms with van der Waals surface area (Å²) in [5.41, 5.74) is 0. The van der Waals surface area contributed by atoms with Gasteiger partial charge in [-0.25, -0.2) is 0 Å². The second kappa shape index (κ2) is 7.47. The number of carbonyl (C=O) groups excluding carboxylic acids is 1. The van der Waals surface area contributed by atoms with Crippen molar-refractivity contribution in [2.24, 2.45) is 5.92 Å². The Labute approximate surface area is 127 Å². The first-order valence-corrected chi connectivity index (χ1v) is 6.79. The molecule has 0 aromatic rings. The number of amides is 1. The third-order valence-corrected chi connectivity index (χ3v) is 3.67. The summed E-state index contributed by atoms with van der Waals surface area (Å²) >= 11 is 0. The van der Waals surface area contributed by atoms with E-state index >= 15 is 0 Å². The Morgan fingerprint density at radius 2 is 2.09 bits per heavy atom. The summed E-state index contributed by atoms with van der Waals surface area (Å²) < 4.78 is 5.14. The van der Waals surface area contributed by atoms with Gasteiger partial charge in [0.15, 0.2) is 0 Å². The third-order valence-electron chi connectivity index (χ3n) is 3.67. The Morgan fingerprint density at radius 3 is 2.50 bits per heavy atom. The highest BCUT2D eigenvalue weighted by molar-refractivity contribution is 5.73. The van der Waals surface area contributed by atoms with Crippen LogP contribution in [0.5, 0.6) is 0 Å². The zero-order chi connectivity index (χ0) is 17.1. The Morgan fingerprint density at radius 1 is 1.50 bits per heavy atom. The fraction of sp³-hybridized carbons (Fsp3) is 0.769. The molecule has 1 aliphatic heterocycles. The quantitative estimate of drug-likeness (QED) is 0.199. The van der Waals surface area contributed by atoms with Gasteiger partial charge in [-0.2, -0.15) is 0 Å². The number of hydrogen-bond acceptors (Lipinski definition) is 8. The van der Waals surface area contributed by atoms with Crippen molar-refractivity contribution in [2.45, 2.75) is 49.8 Å². The summed E-state index contributed by atoms with van der Waals surface area (Å²) in [6, 6.07) is -1.11. The second-order valence-electron chi connectivity index (χ2n) is 5.37.